The van der Waals surface area contributed by atoms with Crippen LogP contribution in [0.4, 0.5) is 4.39 Å². The van der Waals surface area contributed by atoms with E-state index in [1.165, 1.54) is 12.1 Å². The Morgan fingerprint density at radius 2 is 1.86 bits per heavy atom. The Morgan fingerprint density at radius 3 is 2.57 bits per heavy atom. The first-order valence-corrected chi connectivity index (χ1v) is 6.90. The van der Waals surface area contributed by atoms with Crippen LogP contribution < -0.4 is 5.73 Å². The average molecular weight is 284 g/mol. The van der Waals surface area contributed by atoms with Crippen molar-refractivity contribution in [2.24, 2.45) is 5.73 Å². The number of nitrogens with zero attached hydrogens (tertiary/aromatic N) is 1. The molecule has 1 heterocycles. The summed E-state index contributed by atoms with van der Waals surface area (Å²) in [6, 6.07) is 15.9. The molecule has 0 fully saturated rings. The Labute approximate surface area is 122 Å². The molecule has 0 saturated carbocycles. The van der Waals surface area contributed by atoms with Gasteiger partial charge in [-0.1, -0.05) is 30.3 Å². The molecule has 108 valence electrons. The molecule has 0 aliphatic rings. The summed E-state index contributed by atoms with van der Waals surface area (Å²) in [5, 5.41) is 11.1. The second-order valence-corrected chi connectivity index (χ2v) is 5.08. The number of aromatic nitrogens is 1. The van der Waals surface area contributed by atoms with Gasteiger partial charge in [0.1, 0.15) is 5.82 Å². The lowest BCUT2D eigenvalue weighted by atomic mass is 10.0. The van der Waals surface area contributed by atoms with E-state index in [0.29, 0.717) is 0 Å². The zero-order valence-electron chi connectivity index (χ0n) is 11.5. The van der Waals surface area contributed by atoms with E-state index in [9.17, 15) is 9.50 Å². The van der Waals surface area contributed by atoms with Gasteiger partial charge >= 0.3 is 0 Å². The van der Waals surface area contributed by atoms with Crippen LogP contribution in [0.5, 0.6) is 0 Å². The third kappa shape index (κ3) is 2.55. The highest BCUT2D eigenvalue weighted by molar-refractivity contribution is 5.80. The van der Waals surface area contributed by atoms with E-state index in [0.717, 1.165) is 16.5 Å². The first-order valence-electron chi connectivity index (χ1n) is 6.90. The van der Waals surface area contributed by atoms with Crippen molar-refractivity contribution < 1.29 is 9.50 Å². The minimum atomic E-state index is -0.715. The van der Waals surface area contributed by atoms with Crippen molar-refractivity contribution in [2.75, 3.05) is 6.54 Å². The maximum absolute atomic E-state index is 13.3. The van der Waals surface area contributed by atoms with Gasteiger partial charge in [-0.25, -0.2) is 4.39 Å². The van der Waals surface area contributed by atoms with Gasteiger partial charge in [0.25, 0.3) is 0 Å². The van der Waals surface area contributed by atoms with Gasteiger partial charge in [0, 0.05) is 23.6 Å². The molecule has 0 spiro atoms. The molecule has 1 aromatic heterocycles. The Bertz CT molecular complexity index is 739. The molecular weight excluding hydrogens is 267 g/mol. The van der Waals surface area contributed by atoms with Crippen molar-refractivity contribution >= 4 is 10.9 Å². The van der Waals surface area contributed by atoms with E-state index in [2.05, 4.69) is 0 Å². The highest BCUT2D eigenvalue weighted by Crippen LogP contribution is 2.28. The van der Waals surface area contributed by atoms with Crippen molar-refractivity contribution in [3.8, 4) is 0 Å². The van der Waals surface area contributed by atoms with Gasteiger partial charge in [-0.05, 0) is 29.8 Å². The molecular formula is C17H17FN2O. The lowest BCUT2D eigenvalue weighted by Gasteiger charge is -2.25. The second kappa shape index (κ2) is 5.68. The molecule has 2 unspecified atom stereocenters. The number of hydrogen-bond donors (Lipinski definition) is 2. The third-order valence-electron chi connectivity index (χ3n) is 3.73. The normalized spacial score (nSPS) is 14.2. The van der Waals surface area contributed by atoms with Crippen LogP contribution in [0, 0.1) is 5.82 Å². The molecule has 3 nitrogen and oxygen atoms in total. The highest BCUT2D eigenvalue weighted by Gasteiger charge is 2.22. The van der Waals surface area contributed by atoms with Gasteiger partial charge < -0.3 is 15.4 Å². The van der Waals surface area contributed by atoms with Crippen LogP contribution in [0.1, 0.15) is 11.6 Å². The summed E-state index contributed by atoms with van der Waals surface area (Å²) in [4.78, 5) is 0. The van der Waals surface area contributed by atoms with E-state index in [-0.39, 0.29) is 18.4 Å². The van der Waals surface area contributed by atoms with E-state index >= 15 is 0 Å². The largest absolute Gasteiger partial charge is 0.389 e. The zero-order chi connectivity index (χ0) is 14.8. The molecule has 0 amide bonds. The van der Waals surface area contributed by atoms with Crippen molar-refractivity contribution in [1.29, 1.82) is 0 Å². The SMILES string of the molecule is NCC(O)C(c1ccccc1)n1ccc2cc(F)ccc21. The summed E-state index contributed by atoms with van der Waals surface area (Å²) in [5.74, 6) is -0.268. The monoisotopic (exact) mass is 284 g/mol. The van der Waals surface area contributed by atoms with Crippen LogP contribution >= 0.6 is 0 Å². The van der Waals surface area contributed by atoms with Gasteiger partial charge in [0.2, 0.25) is 0 Å². The van der Waals surface area contributed by atoms with Crippen molar-refractivity contribution in [3.63, 3.8) is 0 Å². The minimum Gasteiger partial charge on any atom is -0.389 e. The van der Waals surface area contributed by atoms with E-state index in [1.54, 1.807) is 6.07 Å². The van der Waals surface area contributed by atoms with E-state index in [4.69, 9.17) is 5.73 Å². The lowest BCUT2D eigenvalue weighted by molar-refractivity contribution is 0.140. The summed E-state index contributed by atoms with van der Waals surface area (Å²) in [6.45, 7) is 0.153. The summed E-state index contributed by atoms with van der Waals surface area (Å²) in [7, 11) is 0. The molecule has 21 heavy (non-hydrogen) atoms. The first kappa shape index (κ1) is 13.8. The molecule has 4 heteroatoms. The van der Waals surface area contributed by atoms with Gasteiger partial charge in [-0.15, -0.1) is 0 Å². The smallest absolute Gasteiger partial charge is 0.123 e. The molecule has 3 N–H and O–H groups in total. The first-order chi connectivity index (χ1) is 10.2. The van der Waals surface area contributed by atoms with Crippen LogP contribution in [0.25, 0.3) is 10.9 Å². The van der Waals surface area contributed by atoms with Crippen LogP contribution in [-0.2, 0) is 0 Å². The molecule has 2 atom stereocenters. The number of aliphatic hydroxyl groups excluding tert-OH is 1. The number of nitrogens with two attached hydrogens (primary N) is 1. The minimum absolute atomic E-state index is 0.153. The summed E-state index contributed by atoms with van der Waals surface area (Å²) < 4.78 is 15.3. The molecule has 0 aliphatic carbocycles. The van der Waals surface area contributed by atoms with Crippen LogP contribution in [0.15, 0.2) is 60.8 Å². The fourth-order valence-electron chi connectivity index (χ4n) is 2.72. The number of benzene rings is 2. The van der Waals surface area contributed by atoms with Crippen LogP contribution in [0.3, 0.4) is 0 Å². The fraction of sp³-hybridized carbons (Fsp3) is 0.176. The maximum Gasteiger partial charge on any atom is 0.123 e. The number of aliphatic hydroxyl groups is 1. The highest BCUT2D eigenvalue weighted by atomic mass is 19.1. The Morgan fingerprint density at radius 1 is 1.10 bits per heavy atom. The molecule has 0 radical (unpaired) electrons. The zero-order valence-corrected chi connectivity index (χ0v) is 11.5. The number of fused-ring (bicyclic) bond motifs is 1. The topological polar surface area (TPSA) is 51.2 Å². The van der Waals surface area contributed by atoms with Crippen molar-refractivity contribution in [3.05, 3.63) is 72.2 Å². The predicted octanol–water partition coefficient (Wildman–Crippen LogP) is 2.69. The van der Waals surface area contributed by atoms with Crippen LogP contribution in [0.2, 0.25) is 0 Å². The predicted molar refractivity (Wildman–Crippen MR) is 81.5 cm³/mol. The molecule has 3 aromatic rings. The number of rotatable bonds is 4. The molecule has 0 bridgehead atoms. The van der Waals surface area contributed by atoms with E-state index < -0.39 is 6.10 Å². The van der Waals surface area contributed by atoms with E-state index in [1.807, 2.05) is 47.2 Å². The Hall–Kier alpha value is -2.17. The summed E-state index contributed by atoms with van der Waals surface area (Å²) in [5.41, 5.74) is 7.50. The van der Waals surface area contributed by atoms with Gasteiger partial charge in [-0.2, -0.15) is 0 Å². The van der Waals surface area contributed by atoms with Gasteiger partial charge in [0.15, 0.2) is 0 Å². The molecule has 0 aliphatic heterocycles. The van der Waals surface area contributed by atoms with Crippen molar-refractivity contribution in [2.45, 2.75) is 12.1 Å². The number of hydrogen-bond acceptors (Lipinski definition) is 2. The number of halogens is 1. The quantitative estimate of drug-likeness (QED) is 0.774. The summed E-state index contributed by atoms with van der Waals surface area (Å²) in [6.07, 6.45) is 1.15. The second-order valence-electron chi connectivity index (χ2n) is 5.08. The fourth-order valence-corrected chi connectivity index (χ4v) is 2.72. The van der Waals surface area contributed by atoms with Crippen LogP contribution in [-0.4, -0.2) is 22.3 Å². The molecule has 3 rings (SSSR count). The standard InChI is InChI=1S/C17H17FN2O/c18-14-6-7-15-13(10-14)8-9-20(15)17(16(21)11-19)12-4-2-1-3-5-12/h1-10,16-17,21H,11,19H2. The third-order valence-corrected chi connectivity index (χ3v) is 3.73. The van der Waals surface area contributed by atoms with Gasteiger partial charge in [0.05, 0.1) is 12.1 Å². The van der Waals surface area contributed by atoms with Gasteiger partial charge in [-0.3, -0.25) is 0 Å². The molecule has 2 aromatic carbocycles. The molecule has 0 saturated heterocycles. The average Bonchev–Trinajstić information content (AvgIpc) is 2.91. The Kier molecular flexibility index (Phi) is 3.73. The maximum atomic E-state index is 13.3. The van der Waals surface area contributed by atoms with Crippen molar-refractivity contribution in [1.82, 2.24) is 4.57 Å². The lowest BCUT2D eigenvalue weighted by Crippen LogP contribution is -2.31. The summed E-state index contributed by atoms with van der Waals surface area (Å²) >= 11 is 0. The Balaban J connectivity index is 2.15.